The molecule has 1 saturated heterocycles. The molecule has 0 aliphatic carbocycles. The number of H-pyrrole nitrogens is 1. The monoisotopic (exact) mass is 445 g/mol. The van der Waals surface area contributed by atoms with Crippen molar-refractivity contribution in [3.63, 3.8) is 0 Å². The number of aromatic nitrogens is 2. The third kappa shape index (κ3) is 4.64. The Morgan fingerprint density at radius 2 is 1.93 bits per heavy atom. The molecule has 15 heteroatoms. The Balaban J connectivity index is 1.78. The highest BCUT2D eigenvalue weighted by Gasteiger charge is 2.49. The maximum atomic E-state index is 12.3. The molecule has 0 saturated carbocycles. The first-order chi connectivity index (χ1) is 14.1. The van der Waals surface area contributed by atoms with E-state index in [9.17, 15) is 39.4 Å². The number of hydrogen-bond donors (Lipinski definition) is 4. The van der Waals surface area contributed by atoms with Gasteiger partial charge in [0.2, 0.25) is 0 Å². The van der Waals surface area contributed by atoms with Gasteiger partial charge in [-0.1, -0.05) is 0 Å². The number of hydrogen-bond acceptors (Lipinski definition) is 10. The number of non-ortho nitro benzene ring substituents is 1. The summed E-state index contributed by atoms with van der Waals surface area (Å²) >= 11 is 0. The van der Waals surface area contributed by atoms with Gasteiger partial charge in [-0.2, -0.15) is 0 Å². The third-order valence-electron chi connectivity index (χ3n) is 4.14. The second-order valence-electron chi connectivity index (χ2n) is 6.14. The maximum Gasteiger partial charge on any atom is 0.527 e. The molecular formula is C15H16N3O11P. The van der Waals surface area contributed by atoms with Crippen LogP contribution in [-0.4, -0.2) is 54.5 Å². The number of benzene rings is 1. The highest BCUT2D eigenvalue weighted by molar-refractivity contribution is 7.47. The van der Waals surface area contributed by atoms with Crippen LogP contribution in [-0.2, 0) is 13.8 Å². The van der Waals surface area contributed by atoms with Crippen molar-refractivity contribution in [2.24, 2.45) is 0 Å². The molecule has 0 spiro atoms. The minimum atomic E-state index is -4.89. The van der Waals surface area contributed by atoms with Gasteiger partial charge in [0.25, 0.3) is 11.2 Å². The quantitative estimate of drug-likeness (QED) is 0.237. The number of nitrogens with one attached hydrogen (secondary N) is 1. The minimum absolute atomic E-state index is 0.228. The summed E-state index contributed by atoms with van der Waals surface area (Å²) in [6, 6.07) is 5.21. The highest BCUT2D eigenvalue weighted by atomic mass is 31.2. The van der Waals surface area contributed by atoms with Crippen LogP contribution in [0.3, 0.4) is 0 Å². The van der Waals surface area contributed by atoms with Gasteiger partial charge < -0.3 is 19.5 Å². The molecule has 162 valence electrons. The van der Waals surface area contributed by atoms with Crippen LogP contribution in [0, 0.1) is 10.1 Å². The molecule has 1 aromatic carbocycles. The molecule has 2 heterocycles. The number of nitrogens with zero attached hydrogens (tertiary/aromatic N) is 2. The fourth-order valence-electron chi connectivity index (χ4n) is 2.79. The molecule has 1 aliphatic heterocycles. The fraction of sp³-hybridized carbons (Fsp3) is 0.333. The van der Waals surface area contributed by atoms with Crippen molar-refractivity contribution in [1.29, 1.82) is 0 Å². The van der Waals surface area contributed by atoms with E-state index in [1.807, 2.05) is 4.98 Å². The van der Waals surface area contributed by atoms with E-state index in [0.717, 1.165) is 41.1 Å². The molecular weight excluding hydrogens is 429 g/mol. The fourth-order valence-corrected chi connectivity index (χ4v) is 3.79. The van der Waals surface area contributed by atoms with Crippen molar-refractivity contribution >= 4 is 13.5 Å². The van der Waals surface area contributed by atoms with Crippen LogP contribution in [0.4, 0.5) is 5.69 Å². The summed E-state index contributed by atoms with van der Waals surface area (Å²) in [6.45, 7) is -0.742. The Morgan fingerprint density at radius 3 is 2.50 bits per heavy atom. The minimum Gasteiger partial charge on any atom is -0.404 e. The number of aliphatic hydroxyl groups excluding tert-OH is 2. The summed E-state index contributed by atoms with van der Waals surface area (Å²) in [5.41, 5.74) is -1.88. The zero-order valence-corrected chi connectivity index (χ0v) is 15.8. The van der Waals surface area contributed by atoms with Gasteiger partial charge in [-0.15, -0.1) is 0 Å². The van der Waals surface area contributed by atoms with E-state index in [0.29, 0.717) is 0 Å². The molecule has 4 N–H and O–H groups in total. The number of phosphoric acid groups is 1. The van der Waals surface area contributed by atoms with Gasteiger partial charge in [-0.05, 0) is 12.1 Å². The average molecular weight is 445 g/mol. The first kappa shape index (κ1) is 21.8. The van der Waals surface area contributed by atoms with E-state index in [4.69, 9.17) is 13.8 Å². The van der Waals surface area contributed by atoms with Crippen LogP contribution in [0.15, 0.2) is 46.1 Å². The summed E-state index contributed by atoms with van der Waals surface area (Å²) in [5.74, 6) is -0.228. The molecule has 1 aliphatic rings. The first-order valence-electron chi connectivity index (χ1n) is 8.32. The molecule has 14 nitrogen and oxygen atoms in total. The Bertz CT molecular complexity index is 1080. The normalized spacial score (nSPS) is 25.6. The first-order valence-corrected chi connectivity index (χ1v) is 9.82. The van der Waals surface area contributed by atoms with E-state index in [1.165, 1.54) is 0 Å². The van der Waals surface area contributed by atoms with E-state index >= 15 is 0 Å². The molecule has 5 atom stereocenters. The molecule has 0 amide bonds. The lowest BCUT2D eigenvalue weighted by Crippen LogP contribution is -2.38. The number of aromatic amines is 1. The number of ether oxygens (including phenoxy) is 1. The molecule has 0 radical (unpaired) electrons. The lowest BCUT2D eigenvalue weighted by molar-refractivity contribution is -0.384. The lowest BCUT2D eigenvalue weighted by Gasteiger charge is -2.22. The second kappa shape index (κ2) is 8.47. The summed E-state index contributed by atoms with van der Waals surface area (Å²) in [5, 5.41) is 30.6. The summed E-state index contributed by atoms with van der Waals surface area (Å²) in [4.78, 5) is 45.0. The van der Waals surface area contributed by atoms with Crippen molar-refractivity contribution in [2.45, 2.75) is 24.5 Å². The van der Waals surface area contributed by atoms with E-state index < -0.39 is 55.1 Å². The third-order valence-corrected chi connectivity index (χ3v) is 5.09. The summed E-state index contributed by atoms with van der Waals surface area (Å²) < 4.78 is 28.2. The van der Waals surface area contributed by atoms with Crippen molar-refractivity contribution in [1.82, 2.24) is 9.55 Å². The number of rotatable bonds is 7. The van der Waals surface area contributed by atoms with E-state index in [2.05, 4.69) is 0 Å². The highest BCUT2D eigenvalue weighted by Crippen LogP contribution is 2.48. The second-order valence-corrected chi connectivity index (χ2v) is 7.47. The van der Waals surface area contributed by atoms with Crippen LogP contribution in [0.5, 0.6) is 5.75 Å². The summed E-state index contributed by atoms with van der Waals surface area (Å²) in [6.07, 6.45) is -5.00. The zero-order valence-electron chi connectivity index (χ0n) is 14.9. The molecule has 1 fully saturated rings. The van der Waals surface area contributed by atoms with Crippen LogP contribution < -0.4 is 15.8 Å². The van der Waals surface area contributed by atoms with E-state index in [-0.39, 0.29) is 11.4 Å². The van der Waals surface area contributed by atoms with Crippen molar-refractivity contribution < 1.29 is 38.4 Å². The number of phosphoric ester groups is 1. The number of nitro groups is 1. The van der Waals surface area contributed by atoms with Crippen LogP contribution in [0.1, 0.15) is 6.23 Å². The van der Waals surface area contributed by atoms with Crippen LogP contribution in [0.25, 0.3) is 0 Å². The average Bonchev–Trinajstić information content (AvgIpc) is 2.97. The molecule has 3 rings (SSSR count). The molecule has 1 unspecified atom stereocenters. The Kier molecular flexibility index (Phi) is 6.17. The zero-order chi connectivity index (χ0) is 22.1. The molecule has 2 aromatic rings. The van der Waals surface area contributed by atoms with Crippen molar-refractivity contribution in [3.8, 4) is 5.75 Å². The van der Waals surface area contributed by atoms with Gasteiger partial charge >= 0.3 is 13.5 Å². The van der Waals surface area contributed by atoms with Gasteiger partial charge in [0.05, 0.1) is 11.5 Å². The largest absolute Gasteiger partial charge is 0.527 e. The Morgan fingerprint density at radius 1 is 1.27 bits per heavy atom. The SMILES string of the molecule is O=c1ccn([C@@H]2O[C@H](CO)[C@@H](OP(=O)(O)Oc3ccc([N+](=O)[O-])cc3)[C@H]2O)c(=O)[nH]1. The predicted octanol–water partition coefficient (Wildman–Crippen LogP) is -0.740. The Labute approximate surface area is 166 Å². The van der Waals surface area contributed by atoms with Gasteiger partial charge in [-0.3, -0.25) is 33.9 Å². The van der Waals surface area contributed by atoms with Crippen LogP contribution in [0.2, 0.25) is 0 Å². The van der Waals surface area contributed by atoms with Crippen LogP contribution >= 0.6 is 7.82 Å². The Hall–Kier alpha value is -2.87. The molecule has 1 aromatic heterocycles. The standard InChI is InChI=1S/C15H16N3O11P/c19-7-10-13(12(21)14(27-10)17-6-5-11(20)16-15(17)22)29-30(25,26)28-9-3-1-8(2-4-9)18(23)24/h1-6,10,12-14,19,21H,7H2,(H,25,26)(H,16,20,22)/t10-,12-,13-,14-/m1/s1. The van der Waals surface area contributed by atoms with Crippen molar-refractivity contribution in [2.75, 3.05) is 6.61 Å². The maximum absolute atomic E-state index is 12.3. The van der Waals surface area contributed by atoms with Crippen molar-refractivity contribution in [3.05, 3.63) is 67.5 Å². The van der Waals surface area contributed by atoms with Gasteiger partial charge in [0.1, 0.15) is 24.1 Å². The van der Waals surface area contributed by atoms with E-state index in [1.54, 1.807) is 0 Å². The number of aliphatic hydroxyl groups is 2. The van der Waals surface area contributed by atoms with Gasteiger partial charge in [0, 0.05) is 24.4 Å². The smallest absolute Gasteiger partial charge is 0.404 e. The molecule has 30 heavy (non-hydrogen) atoms. The van der Waals surface area contributed by atoms with Gasteiger partial charge in [0.15, 0.2) is 6.23 Å². The lowest BCUT2D eigenvalue weighted by atomic mass is 10.1. The summed E-state index contributed by atoms with van der Waals surface area (Å²) in [7, 11) is -4.89. The molecule has 0 bridgehead atoms. The number of nitro benzene ring substituents is 1. The van der Waals surface area contributed by atoms with Gasteiger partial charge in [-0.25, -0.2) is 9.36 Å². The predicted molar refractivity (Wildman–Crippen MR) is 96.7 cm³/mol. The topological polar surface area (TPSA) is 203 Å².